The van der Waals surface area contributed by atoms with Crippen LogP contribution in [0, 0.1) is 5.92 Å². The van der Waals surface area contributed by atoms with Crippen LogP contribution < -0.4 is 10.9 Å². The molecule has 7 nitrogen and oxygen atoms in total. The predicted molar refractivity (Wildman–Crippen MR) is 88.7 cm³/mol. The molecule has 4 heterocycles. The molecule has 3 aliphatic rings. The number of likely N-dealkylation sites (tertiary alicyclic amines) is 1. The quantitative estimate of drug-likeness (QED) is 0.781. The van der Waals surface area contributed by atoms with Gasteiger partial charge in [0, 0.05) is 43.4 Å². The van der Waals surface area contributed by atoms with Crippen LogP contribution in [-0.2, 0) is 16.4 Å². The molecule has 4 rings (SSSR count). The molecule has 2 bridgehead atoms. The zero-order valence-corrected chi connectivity index (χ0v) is 14.2. The summed E-state index contributed by atoms with van der Waals surface area (Å²) in [5, 5.41) is 2.87. The van der Waals surface area contributed by atoms with Gasteiger partial charge in [-0.3, -0.25) is 4.79 Å². The van der Waals surface area contributed by atoms with Crippen LogP contribution in [0.15, 0.2) is 23.0 Å². The van der Waals surface area contributed by atoms with Crippen LogP contribution in [0.1, 0.15) is 24.5 Å². The van der Waals surface area contributed by atoms with Crippen molar-refractivity contribution in [3.63, 3.8) is 0 Å². The molecule has 1 aromatic heterocycles. The molecule has 24 heavy (non-hydrogen) atoms. The van der Waals surface area contributed by atoms with E-state index >= 15 is 0 Å². The first kappa shape index (κ1) is 15.7. The number of aromatic nitrogens is 1. The number of pyridine rings is 1. The Kier molecular flexibility index (Phi) is 3.67. The van der Waals surface area contributed by atoms with Crippen molar-refractivity contribution in [1.82, 2.24) is 14.8 Å². The Morgan fingerprint density at radius 3 is 2.79 bits per heavy atom. The van der Waals surface area contributed by atoms with Gasteiger partial charge < -0.3 is 14.8 Å². The minimum atomic E-state index is -3.00. The number of carbonyl (C=O) groups is 1. The monoisotopic (exact) mass is 351 g/mol. The predicted octanol–water partition coefficient (Wildman–Crippen LogP) is 0.164. The van der Waals surface area contributed by atoms with Gasteiger partial charge in [0.2, 0.25) is 0 Å². The van der Waals surface area contributed by atoms with Crippen molar-refractivity contribution < 1.29 is 13.2 Å². The van der Waals surface area contributed by atoms with Crippen LogP contribution in [0.5, 0.6) is 0 Å². The van der Waals surface area contributed by atoms with E-state index in [9.17, 15) is 18.0 Å². The third-order valence-corrected chi connectivity index (χ3v) is 7.09. The highest BCUT2D eigenvalue weighted by Gasteiger charge is 2.37. The Labute approximate surface area is 140 Å². The van der Waals surface area contributed by atoms with Crippen LogP contribution in [0.4, 0.5) is 4.79 Å². The minimum absolute atomic E-state index is 0.0243. The number of amides is 2. The third-order valence-electron chi connectivity index (χ3n) is 5.33. The lowest BCUT2D eigenvalue weighted by Gasteiger charge is -2.42. The van der Waals surface area contributed by atoms with Gasteiger partial charge in [-0.25, -0.2) is 13.2 Å². The van der Waals surface area contributed by atoms with Crippen LogP contribution in [0.3, 0.4) is 0 Å². The molecule has 0 spiro atoms. The maximum atomic E-state index is 12.5. The van der Waals surface area contributed by atoms with Crippen LogP contribution >= 0.6 is 0 Å². The first-order valence-corrected chi connectivity index (χ1v) is 10.2. The first-order chi connectivity index (χ1) is 11.4. The van der Waals surface area contributed by atoms with Crippen LogP contribution in [0.2, 0.25) is 0 Å². The van der Waals surface area contributed by atoms with E-state index in [-0.39, 0.29) is 41.0 Å². The summed E-state index contributed by atoms with van der Waals surface area (Å²) >= 11 is 0. The molecule has 2 fully saturated rings. The van der Waals surface area contributed by atoms with Gasteiger partial charge in [-0.2, -0.15) is 0 Å². The summed E-state index contributed by atoms with van der Waals surface area (Å²) < 4.78 is 24.9. The van der Waals surface area contributed by atoms with Crippen molar-refractivity contribution in [1.29, 1.82) is 0 Å². The lowest BCUT2D eigenvalue weighted by molar-refractivity contribution is 0.129. The molecule has 1 N–H and O–H groups in total. The summed E-state index contributed by atoms with van der Waals surface area (Å²) in [6.45, 7) is 1.83. The zero-order chi connectivity index (χ0) is 16.9. The number of piperidine rings is 1. The second-order valence-corrected chi connectivity index (χ2v) is 9.38. The fourth-order valence-corrected chi connectivity index (χ4v) is 5.91. The smallest absolute Gasteiger partial charge is 0.317 e. The summed E-state index contributed by atoms with van der Waals surface area (Å²) in [4.78, 5) is 26.3. The maximum absolute atomic E-state index is 12.5. The number of sulfone groups is 1. The van der Waals surface area contributed by atoms with Crippen LogP contribution in [0.25, 0.3) is 0 Å². The second-order valence-electron chi connectivity index (χ2n) is 7.15. The molecule has 3 atom stereocenters. The Morgan fingerprint density at radius 2 is 2.04 bits per heavy atom. The van der Waals surface area contributed by atoms with Crippen molar-refractivity contribution in [2.24, 2.45) is 5.92 Å². The van der Waals surface area contributed by atoms with Gasteiger partial charge in [0.25, 0.3) is 5.56 Å². The van der Waals surface area contributed by atoms with E-state index in [1.165, 1.54) is 0 Å². The summed E-state index contributed by atoms with van der Waals surface area (Å²) in [7, 11) is -3.00. The molecule has 8 heteroatoms. The number of hydrogen-bond donors (Lipinski definition) is 1. The summed E-state index contributed by atoms with van der Waals surface area (Å²) in [6.07, 6.45) is 1.48. The molecular formula is C16H21N3O4S. The molecular weight excluding hydrogens is 330 g/mol. The Balaban J connectivity index is 1.48. The van der Waals surface area contributed by atoms with Gasteiger partial charge in [-0.1, -0.05) is 6.07 Å². The zero-order valence-electron chi connectivity index (χ0n) is 13.3. The molecule has 0 unspecified atom stereocenters. The highest BCUT2D eigenvalue weighted by atomic mass is 32.2. The standard InChI is InChI=1S/C16H21N3O4S/c20-15-3-1-2-14-12-6-11(8-19(14)15)7-18(9-12)16(21)17-13-4-5-24(22,23)10-13/h1-3,11-13H,4-10H2,(H,17,21)/t11-,12+,13-/m0/s1. The van der Waals surface area contributed by atoms with Crippen molar-refractivity contribution in [3.05, 3.63) is 34.2 Å². The molecule has 0 saturated carbocycles. The van der Waals surface area contributed by atoms with E-state index in [0.717, 1.165) is 12.1 Å². The number of nitrogens with zero attached hydrogens (tertiary/aromatic N) is 2. The number of hydrogen-bond acceptors (Lipinski definition) is 4. The van der Waals surface area contributed by atoms with Gasteiger partial charge in [0.1, 0.15) is 0 Å². The van der Waals surface area contributed by atoms with Gasteiger partial charge in [0.15, 0.2) is 9.84 Å². The van der Waals surface area contributed by atoms with Gasteiger partial charge in [-0.05, 0) is 24.8 Å². The van der Waals surface area contributed by atoms with E-state index in [2.05, 4.69) is 5.32 Å². The first-order valence-electron chi connectivity index (χ1n) is 8.37. The molecule has 130 valence electrons. The third kappa shape index (κ3) is 2.83. The topological polar surface area (TPSA) is 88.5 Å². The summed E-state index contributed by atoms with van der Waals surface area (Å²) in [5.41, 5.74) is 1.02. The van der Waals surface area contributed by atoms with E-state index in [1.54, 1.807) is 17.0 Å². The summed E-state index contributed by atoms with van der Waals surface area (Å²) in [5.74, 6) is 0.635. The molecule has 1 aromatic rings. The number of urea groups is 1. The van der Waals surface area contributed by atoms with Gasteiger partial charge in [0.05, 0.1) is 11.5 Å². The average Bonchev–Trinajstić information content (AvgIpc) is 2.87. The normalized spacial score (nSPS) is 30.7. The molecule has 3 aliphatic heterocycles. The number of rotatable bonds is 1. The van der Waals surface area contributed by atoms with Crippen molar-refractivity contribution in [3.8, 4) is 0 Å². The van der Waals surface area contributed by atoms with Gasteiger partial charge >= 0.3 is 6.03 Å². The molecule has 0 radical (unpaired) electrons. The summed E-state index contributed by atoms with van der Waals surface area (Å²) in [6, 6.07) is 4.86. The molecule has 2 amide bonds. The molecule has 0 aliphatic carbocycles. The lowest BCUT2D eigenvalue weighted by atomic mass is 9.83. The highest BCUT2D eigenvalue weighted by Crippen LogP contribution is 2.34. The van der Waals surface area contributed by atoms with E-state index in [0.29, 0.717) is 26.1 Å². The Hall–Kier alpha value is -1.83. The Bertz CT molecular complexity index is 832. The highest BCUT2D eigenvalue weighted by molar-refractivity contribution is 7.91. The second kappa shape index (κ2) is 5.61. The SMILES string of the molecule is O=C(N[C@H]1CCS(=O)(=O)C1)N1C[C@@H]2C[C@H](C1)c1cccc(=O)n1C2. The average molecular weight is 351 g/mol. The number of fused-ring (bicyclic) bond motifs is 4. The maximum Gasteiger partial charge on any atom is 0.317 e. The fraction of sp³-hybridized carbons (Fsp3) is 0.625. The van der Waals surface area contributed by atoms with E-state index in [1.807, 2.05) is 10.6 Å². The minimum Gasteiger partial charge on any atom is -0.334 e. The largest absolute Gasteiger partial charge is 0.334 e. The van der Waals surface area contributed by atoms with Crippen LogP contribution in [-0.4, -0.2) is 54.6 Å². The number of nitrogens with one attached hydrogen (secondary N) is 1. The van der Waals surface area contributed by atoms with E-state index < -0.39 is 9.84 Å². The van der Waals surface area contributed by atoms with Crippen molar-refractivity contribution in [2.75, 3.05) is 24.6 Å². The van der Waals surface area contributed by atoms with Crippen molar-refractivity contribution >= 4 is 15.9 Å². The molecule has 2 saturated heterocycles. The molecule has 0 aromatic carbocycles. The fourth-order valence-electron chi connectivity index (χ4n) is 4.24. The number of carbonyl (C=O) groups excluding carboxylic acids is 1. The lowest BCUT2D eigenvalue weighted by Crippen LogP contribution is -2.53. The Morgan fingerprint density at radius 1 is 1.21 bits per heavy atom. The van der Waals surface area contributed by atoms with Gasteiger partial charge in [-0.15, -0.1) is 0 Å². The van der Waals surface area contributed by atoms with E-state index in [4.69, 9.17) is 0 Å². The van der Waals surface area contributed by atoms with Crippen molar-refractivity contribution in [2.45, 2.75) is 31.3 Å².